The average Bonchev–Trinajstić information content (AvgIpc) is 3.46. The van der Waals surface area contributed by atoms with Gasteiger partial charge in [-0.05, 0) is 107 Å². The lowest BCUT2D eigenvalue weighted by Crippen LogP contribution is -2.54. The molecule has 3 aliphatic carbocycles. The van der Waals surface area contributed by atoms with Crippen molar-refractivity contribution < 1.29 is 19.2 Å². The van der Waals surface area contributed by atoms with Gasteiger partial charge in [0.2, 0.25) is 17.7 Å². The van der Waals surface area contributed by atoms with Gasteiger partial charge < -0.3 is 16.0 Å². The number of unbranched alkanes of at least 4 members (excludes halogenated alkanes) is 24. The summed E-state index contributed by atoms with van der Waals surface area (Å²) in [6.07, 6.45) is 63.3. The molecule has 0 saturated heterocycles. The molecule has 0 spiro atoms. The third kappa shape index (κ3) is 33.0. The highest BCUT2D eigenvalue weighted by Gasteiger charge is 2.36. The van der Waals surface area contributed by atoms with E-state index in [0.29, 0.717) is 31.0 Å². The van der Waals surface area contributed by atoms with E-state index in [1.807, 2.05) is 0 Å². The summed E-state index contributed by atoms with van der Waals surface area (Å²) in [5.41, 5.74) is 0. The van der Waals surface area contributed by atoms with Gasteiger partial charge in [-0.2, -0.15) is 0 Å². The van der Waals surface area contributed by atoms with Crippen molar-refractivity contribution in [2.75, 3.05) is 0 Å². The number of amides is 3. The average molecular weight is 1120 g/mol. The fraction of sp³-hybridized carbons (Fsp3) is 0.945. The predicted molar refractivity (Wildman–Crippen MR) is 344 cm³/mol. The van der Waals surface area contributed by atoms with Crippen LogP contribution in [-0.2, 0) is 19.2 Å². The number of rotatable bonds is 51. The van der Waals surface area contributed by atoms with Crippen LogP contribution in [0.25, 0.3) is 0 Å². The van der Waals surface area contributed by atoms with Gasteiger partial charge in [-0.15, -0.1) is 0 Å². The van der Waals surface area contributed by atoms with Gasteiger partial charge in [0.25, 0.3) is 0 Å². The number of nitrogens with one attached hydrogen (secondary N) is 3. The first kappa shape index (κ1) is 72.3. The van der Waals surface area contributed by atoms with Crippen LogP contribution in [0.5, 0.6) is 0 Å². The van der Waals surface area contributed by atoms with Crippen LogP contribution in [-0.4, -0.2) is 41.6 Å². The molecule has 3 aliphatic rings. The number of hydrogen-bond donors (Lipinski definition) is 3. The Balaban J connectivity index is 1.53. The van der Waals surface area contributed by atoms with E-state index in [0.717, 1.165) is 159 Å². The lowest BCUT2D eigenvalue weighted by molar-refractivity contribution is -0.128. The minimum atomic E-state index is 0.0611. The lowest BCUT2D eigenvalue weighted by atomic mass is 9.63. The highest BCUT2D eigenvalue weighted by molar-refractivity contribution is 5.81. The zero-order chi connectivity index (χ0) is 57.7. The van der Waals surface area contributed by atoms with E-state index in [9.17, 15) is 19.2 Å². The number of hydrogen-bond acceptors (Lipinski definition) is 4. The van der Waals surface area contributed by atoms with Crippen LogP contribution in [0.3, 0.4) is 0 Å². The molecule has 0 aromatic carbocycles. The smallest absolute Gasteiger partial charge is 0.223 e. The molecule has 3 fully saturated rings. The third-order valence-electron chi connectivity index (χ3n) is 20.4. The number of carbonyl (C=O) groups excluding carboxylic acids is 4. The molecule has 0 bridgehead atoms. The molecule has 0 aromatic rings. The van der Waals surface area contributed by atoms with Crippen LogP contribution in [0.15, 0.2) is 0 Å². The first-order valence-electron chi connectivity index (χ1n) is 36.6. The van der Waals surface area contributed by atoms with Crippen molar-refractivity contribution in [3.8, 4) is 0 Å². The Morgan fingerprint density at radius 2 is 0.650 bits per heavy atom. The SMILES string of the molecule is CCCCCCCCC1CC(CCCCCCC(=O)C[C@@H]2CCCC[C@@H]2NC(=O)C(CCCC)CCCCCC)C(CCCCCCC(=O)N[C@H]2CCCC[C@H]2NC(=O)C(CCCC)CCCCCC)CC1CCCCCCCC. The monoisotopic (exact) mass is 1120 g/mol. The maximum absolute atomic E-state index is 13.7. The van der Waals surface area contributed by atoms with Gasteiger partial charge >= 0.3 is 0 Å². The largest absolute Gasteiger partial charge is 0.353 e. The van der Waals surface area contributed by atoms with E-state index in [-0.39, 0.29) is 47.7 Å². The zero-order valence-corrected chi connectivity index (χ0v) is 54.4. The second kappa shape index (κ2) is 48.3. The maximum Gasteiger partial charge on any atom is 0.223 e. The van der Waals surface area contributed by atoms with Gasteiger partial charge in [0.1, 0.15) is 5.78 Å². The lowest BCUT2D eigenvalue weighted by Gasteiger charge is -2.42. The highest BCUT2D eigenvalue weighted by atomic mass is 16.2. The fourth-order valence-corrected chi connectivity index (χ4v) is 15.2. The molecule has 0 heterocycles. The maximum atomic E-state index is 13.7. The second-order valence-corrected chi connectivity index (χ2v) is 27.4. The molecule has 3 saturated carbocycles. The van der Waals surface area contributed by atoms with Crippen LogP contribution in [0.4, 0.5) is 0 Å². The van der Waals surface area contributed by atoms with E-state index >= 15 is 0 Å². The zero-order valence-electron chi connectivity index (χ0n) is 54.4. The molecular formula is C73H137N3O4. The molecule has 7 heteroatoms. The van der Waals surface area contributed by atoms with Crippen molar-refractivity contribution in [2.45, 2.75) is 400 Å². The molecule has 0 radical (unpaired) electrons. The highest BCUT2D eigenvalue weighted by Crippen LogP contribution is 2.47. The Hall–Kier alpha value is -1.92. The van der Waals surface area contributed by atoms with Gasteiger partial charge in [0, 0.05) is 49.2 Å². The van der Waals surface area contributed by atoms with Gasteiger partial charge in [-0.3, -0.25) is 19.2 Å². The molecule has 6 unspecified atom stereocenters. The van der Waals surface area contributed by atoms with Crippen molar-refractivity contribution in [1.82, 2.24) is 16.0 Å². The number of carbonyl (C=O) groups is 4. The van der Waals surface area contributed by atoms with Gasteiger partial charge in [0.05, 0.1) is 0 Å². The summed E-state index contributed by atoms with van der Waals surface area (Å²) < 4.78 is 0. The second-order valence-electron chi connectivity index (χ2n) is 27.4. The van der Waals surface area contributed by atoms with Gasteiger partial charge in [-0.25, -0.2) is 0 Å². The Morgan fingerprint density at radius 1 is 0.325 bits per heavy atom. The number of ketones is 1. The van der Waals surface area contributed by atoms with Crippen molar-refractivity contribution >= 4 is 23.5 Å². The van der Waals surface area contributed by atoms with Crippen molar-refractivity contribution in [3.63, 3.8) is 0 Å². The first-order valence-corrected chi connectivity index (χ1v) is 36.6. The molecule has 3 N–H and O–H groups in total. The van der Waals surface area contributed by atoms with E-state index in [4.69, 9.17) is 0 Å². The van der Waals surface area contributed by atoms with E-state index in [1.165, 1.54) is 186 Å². The Kier molecular flexibility index (Phi) is 43.7. The molecular weight excluding hydrogens is 983 g/mol. The van der Waals surface area contributed by atoms with Gasteiger partial charge in [-0.1, -0.05) is 286 Å². The summed E-state index contributed by atoms with van der Waals surface area (Å²) in [4.78, 5) is 54.3. The van der Waals surface area contributed by atoms with Crippen LogP contribution in [0.2, 0.25) is 0 Å². The molecule has 10 atom stereocenters. The normalized spacial score (nSPS) is 23.1. The summed E-state index contributed by atoms with van der Waals surface area (Å²) in [5, 5.41) is 10.4. The fourth-order valence-electron chi connectivity index (χ4n) is 15.2. The Morgan fingerprint density at radius 3 is 1.09 bits per heavy atom. The van der Waals surface area contributed by atoms with Crippen molar-refractivity contribution in [3.05, 3.63) is 0 Å². The quantitative estimate of drug-likeness (QED) is 0.0528. The summed E-state index contributed by atoms with van der Waals surface area (Å²) >= 11 is 0. The summed E-state index contributed by atoms with van der Waals surface area (Å²) in [6, 6.07) is 0.295. The standard InChI is InChI=1S/C73H137N3O4/c1-7-13-19-23-25-33-47-62-57-64(49-35-27-29-37-52-67(77)59-66-51-39-40-53-68(66)75-72(79)60(43-17-11-5)45-31-21-15-9-3)65(58-63(62)48-34-26-24-20-14-8-2)50-36-28-30-38-56-71(78)74-69-54-41-42-55-70(69)76-73(80)61(44-18-12-6)46-32-22-16-10-4/h60-66,68-70H,7-59H2,1-6H3,(H,74,78)(H,75,79)(H,76,80)/t60?,61?,62?,63?,64?,65?,66-,68-,69-,70+/m0/s1. The molecule has 0 aliphatic heterocycles. The molecule has 80 heavy (non-hydrogen) atoms. The van der Waals surface area contributed by atoms with Crippen LogP contribution < -0.4 is 16.0 Å². The minimum absolute atomic E-state index is 0.0611. The van der Waals surface area contributed by atoms with E-state index in [1.54, 1.807) is 0 Å². The van der Waals surface area contributed by atoms with Crippen LogP contribution in [0, 0.1) is 41.4 Å². The predicted octanol–water partition coefficient (Wildman–Crippen LogP) is 21.2. The molecule has 468 valence electrons. The first-order chi connectivity index (χ1) is 39.2. The molecule has 7 nitrogen and oxygen atoms in total. The summed E-state index contributed by atoms with van der Waals surface area (Å²) in [7, 11) is 0. The van der Waals surface area contributed by atoms with Crippen molar-refractivity contribution in [2.24, 2.45) is 41.4 Å². The Bertz CT molecular complexity index is 1410. The van der Waals surface area contributed by atoms with Crippen molar-refractivity contribution in [1.29, 1.82) is 0 Å². The topological polar surface area (TPSA) is 104 Å². The Labute approximate surface area is 497 Å². The summed E-state index contributed by atoms with van der Waals surface area (Å²) in [6.45, 7) is 13.6. The molecule has 3 amide bonds. The van der Waals surface area contributed by atoms with Gasteiger partial charge in [0.15, 0.2) is 0 Å². The van der Waals surface area contributed by atoms with Crippen LogP contribution in [0.1, 0.15) is 382 Å². The third-order valence-corrected chi connectivity index (χ3v) is 20.4. The minimum Gasteiger partial charge on any atom is -0.353 e. The van der Waals surface area contributed by atoms with E-state index < -0.39 is 0 Å². The molecule has 3 rings (SSSR count). The number of Topliss-reactive ketones (excluding diaryl/α,β-unsaturated/α-hetero) is 1. The van der Waals surface area contributed by atoms with E-state index in [2.05, 4.69) is 57.5 Å². The summed E-state index contributed by atoms with van der Waals surface area (Å²) in [5.74, 6) is 5.10. The molecule has 0 aromatic heterocycles. The van der Waals surface area contributed by atoms with Crippen LogP contribution >= 0.6 is 0 Å².